The van der Waals surface area contributed by atoms with E-state index in [0.717, 1.165) is 18.4 Å². The summed E-state index contributed by atoms with van der Waals surface area (Å²) in [4.78, 5) is 12.9. The number of aromatic nitrogens is 2. The molecular weight excluding hydrogens is 320 g/mol. The Morgan fingerprint density at radius 1 is 1.36 bits per heavy atom. The molecule has 7 nitrogen and oxygen atoms in total. The Balaban J connectivity index is 1.60. The Bertz CT molecular complexity index is 789. The summed E-state index contributed by atoms with van der Waals surface area (Å²) in [5, 5.41) is 21.7. The average molecular weight is 344 g/mol. The Morgan fingerprint density at radius 3 is 2.76 bits per heavy atom. The van der Waals surface area contributed by atoms with Gasteiger partial charge in [0.2, 0.25) is 0 Å². The van der Waals surface area contributed by atoms with Gasteiger partial charge in [-0.1, -0.05) is 0 Å². The summed E-state index contributed by atoms with van der Waals surface area (Å²) in [5.41, 5.74) is 1.23. The molecule has 3 N–H and O–H groups in total. The van der Waals surface area contributed by atoms with E-state index in [1.165, 1.54) is 0 Å². The molecule has 2 aromatic rings. The lowest BCUT2D eigenvalue weighted by Gasteiger charge is -2.40. The van der Waals surface area contributed by atoms with Gasteiger partial charge in [-0.3, -0.25) is 9.48 Å². The molecule has 2 saturated heterocycles. The number of phenolic OH excluding ortho intramolecular Hbond substituents is 1. The number of nitrogens with one attached hydrogen (secondary N) is 2. The number of piperidine rings is 1. The van der Waals surface area contributed by atoms with Gasteiger partial charge in [0.15, 0.2) is 5.69 Å². The smallest absolute Gasteiger partial charge is 0.272 e. The summed E-state index contributed by atoms with van der Waals surface area (Å²) < 4.78 is 7.38. The zero-order valence-corrected chi connectivity index (χ0v) is 14.5. The van der Waals surface area contributed by atoms with Crippen LogP contribution in [0.5, 0.6) is 5.75 Å². The van der Waals surface area contributed by atoms with Gasteiger partial charge in [-0.05, 0) is 44.9 Å². The summed E-state index contributed by atoms with van der Waals surface area (Å²) in [6, 6.07) is 5.88. The standard InChI is InChI=1S/C18H24N4O3/c1-10(2)22-16-4-3-14(23)7-15(16)17(21-22)18(24)20-11-5-12-8-25-9-13(6-11)19-12/h3-4,7,10-13,19,23H,5-6,8-9H2,1-2H3,(H,20,24). The van der Waals surface area contributed by atoms with E-state index in [1.807, 2.05) is 18.5 Å². The van der Waals surface area contributed by atoms with Gasteiger partial charge in [0.1, 0.15) is 5.75 Å². The Labute approximate surface area is 146 Å². The number of aromatic hydroxyl groups is 1. The van der Waals surface area contributed by atoms with Gasteiger partial charge in [-0.2, -0.15) is 5.10 Å². The topological polar surface area (TPSA) is 88.4 Å². The zero-order chi connectivity index (χ0) is 17.6. The van der Waals surface area contributed by atoms with Crippen LogP contribution in [-0.4, -0.2) is 52.1 Å². The van der Waals surface area contributed by atoms with Crippen molar-refractivity contribution in [3.05, 3.63) is 23.9 Å². The van der Waals surface area contributed by atoms with Crippen molar-refractivity contribution in [2.45, 2.75) is 50.9 Å². The molecule has 0 radical (unpaired) electrons. The summed E-state index contributed by atoms with van der Waals surface area (Å²) >= 11 is 0. The first-order chi connectivity index (χ1) is 12.0. The number of ether oxygens (including phenoxy) is 1. The number of morpholine rings is 1. The minimum atomic E-state index is -0.180. The number of benzene rings is 1. The number of fused-ring (bicyclic) bond motifs is 3. The number of rotatable bonds is 3. The van der Waals surface area contributed by atoms with Gasteiger partial charge in [0.25, 0.3) is 5.91 Å². The van der Waals surface area contributed by atoms with E-state index in [-0.39, 0.29) is 23.7 Å². The number of amides is 1. The first kappa shape index (κ1) is 16.4. The summed E-state index contributed by atoms with van der Waals surface area (Å²) in [6.07, 6.45) is 1.71. The second kappa shape index (κ2) is 6.31. The van der Waals surface area contributed by atoms with Crippen LogP contribution >= 0.6 is 0 Å². The van der Waals surface area contributed by atoms with Crippen molar-refractivity contribution in [2.75, 3.05) is 13.2 Å². The number of hydrogen-bond donors (Lipinski definition) is 3. The number of carbonyl (C=O) groups is 1. The van der Waals surface area contributed by atoms with Gasteiger partial charge in [0.05, 0.1) is 18.7 Å². The minimum Gasteiger partial charge on any atom is -0.508 e. The molecule has 1 aromatic heterocycles. The third-order valence-corrected chi connectivity index (χ3v) is 4.98. The van der Waals surface area contributed by atoms with Gasteiger partial charge in [-0.25, -0.2) is 0 Å². The van der Waals surface area contributed by atoms with Gasteiger partial charge >= 0.3 is 0 Å². The summed E-state index contributed by atoms with van der Waals surface area (Å²) in [7, 11) is 0. The Morgan fingerprint density at radius 2 is 2.08 bits per heavy atom. The molecule has 2 unspecified atom stereocenters. The molecule has 2 atom stereocenters. The molecule has 25 heavy (non-hydrogen) atoms. The number of phenols is 1. The van der Waals surface area contributed by atoms with Crippen LogP contribution in [0.1, 0.15) is 43.2 Å². The van der Waals surface area contributed by atoms with Crippen molar-refractivity contribution >= 4 is 16.8 Å². The molecule has 0 spiro atoms. The maximum absolute atomic E-state index is 12.9. The maximum atomic E-state index is 12.9. The molecule has 2 bridgehead atoms. The second-order valence-electron chi connectivity index (χ2n) is 7.33. The van der Waals surface area contributed by atoms with Crippen LogP contribution in [-0.2, 0) is 4.74 Å². The fourth-order valence-electron chi connectivity index (χ4n) is 3.90. The van der Waals surface area contributed by atoms with Crippen LogP contribution < -0.4 is 10.6 Å². The fourth-order valence-corrected chi connectivity index (χ4v) is 3.90. The number of hydrogen-bond acceptors (Lipinski definition) is 5. The third-order valence-electron chi connectivity index (χ3n) is 4.98. The van der Waals surface area contributed by atoms with Crippen molar-refractivity contribution < 1.29 is 14.6 Å². The van der Waals surface area contributed by atoms with Gasteiger partial charge < -0.3 is 20.5 Å². The van der Waals surface area contributed by atoms with Crippen LogP contribution in [0.4, 0.5) is 0 Å². The first-order valence-electron chi connectivity index (χ1n) is 8.87. The maximum Gasteiger partial charge on any atom is 0.272 e. The monoisotopic (exact) mass is 344 g/mol. The molecule has 0 saturated carbocycles. The first-order valence-corrected chi connectivity index (χ1v) is 8.87. The molecule has 1 aromatic carbocycles. The molecule has 3 heterocycles. The van der Waals surface area contributed by atoms with E-state index in [0.29, 0.717) is 36.4 Å². The predicted molar refractivity (Wildman–Crippen MR) is 93.8 cm³/mol. The fraction of sp³-hybridized carbons (Fsp3) is 0.556. The largest absolute Gasteiger partial charge is 0.508 e. The molecule has 0 aliphatic carbocycles. The lowest BCUT2D eigenvalue weighted by atomic mass is 9.92. The quantitative estimate of drug-likeness (QED) is 0.787. The van der Waals surface area contributed by atoms with Gasteiger partial charge in [0, 0.05) is 29.6 Å². The lowest BCUT2D eigenvalue weighted by Crippen LogP contribution is -2.58. The Kier molecular flexibility index (Phi) is 4.13. The van der Waals surface area contributed by atoms with E-state index >= 15 is 0 Å². The normalized spacial score (nSPS) is 26.1. The highest BCUT2D eigenvalue weighted by Crippen LogP contribution is 2.26. The van der Waals surface area contributed by atoms with Crippen molar-refractivity contribution in [1.29, 1.82) is 0 Å². The third kappa shape index (κ3) is 3.09. The summed E-state index contributed by atoms with van der Waals surface area (Å²) in [6.45, 7) is 5.44. The predicted octanol–water partition coefficient (Wildman–Crippen LogP) is 1.57. The highest BCUT2D eigenvalue weighted by atomic mass is 16.5. The van der Waals surface area contributed by atoms with Gasteiger partial charge in [-0.15, -0.1) is 0 Å². The lowest BCUT2D eigenvalue weighted by molar-refractivity contribution is 0.0148. The molecule has 4 rings (SSSR count). The van der Waals surface area contributed by atoms with E-state index in [1.54, 1.807) is 18.2 Å². The average Bonchev–Trinajstić information content (AvgIpc) is 2.93. The van der Waals surface area contributed by atoms with E-state index in [9.17, 15) is 9.90 Å². The molecule has 7 heteroatoms. The minimum absolute atomic E-state index is 0.115. The van der Waals surface area contributed by atoms with Crippen LogP contribution in [0.3, 0.4) is 0 Å². The summed E-state index contributed by atoms with van der Waals surface area (Å²) in [5.74, 6) is -0.0423. The highest BCUT2D eigenvalue weighted by Gasteiger charge is 2.33. The SMILES string of the molecule is CC(C)n1nc(C(=O)NC2CC3COCC(C2)N3)c2cc(O)ccc21. The van der Waals surface area contributed by atoms with Crippen molar-refractivity contribution in [3.8, 4) is 5.75 Å². The molecule has 2 aliphatic heterocycles. The molecule has 2 aliphatic rings. The highest BCUT2D eigenvalue weighted by molar-refractivity contribution is 6.05. The van der Waals surface area contributed by atoms with Crippen molar-refractivity contribution in [2.24, 2.45) is 0 Å². The zero-order valence-electron chi connectivity index (χ0n) is 14.5. The molecule has 2 fully saturated rings. The van der Waals surface area contributed by atoms with Crippen LogP contribution in [0, 0.1) is 0 Å². The molecule has 134 valence electrons. The second-order valence-corrected chi connectivity index (χ2v) is 7.33. The van der Waals surface area contributed by atoms with E-state index < -0.39 is 0 Å². The number of nitrogens with zero attached hydrogens (tertiary/aromatic N) is 2. The Hall–Kier alpha value is -2.12. The van der Waals surface area contributed by atoms with Crippen LogP contribution in [0.2, 0.25) is 0 Å². The van der Waals surface area contributed by atoms with Crippen LogP contribution in [0.25, 0.3) is 10.9 Å². The molecule has 1 amide bonds. The van der Waals surface area contributed by atoms with Crippen LogP contribution in [0.15, 0.2) is 18.2 Å². The van der Waals surface area contributed by atoms with Crippen molar-refractivity contribution in [3.63, 3.8) is 0 Å². The van der Waals surface area contributed by atoms with Crippen molar-refractivity contribution in [1.82, 2.24) is 20.4 Å². The molecular formula is C18H24N4O3. The van der Waals surface area contributed by atoms with E-state index in [2.05, 4.69) is 15.7 Å². The number of carbonyl (C=O) groups excluding carboxylic acids is 1. The van der Waals surface area contributed by atoms with E-state index in [4.69, 9.17) is 4.74 Å².